The zero-order valence-electron chi connectivity index (χ0n) is 8.24. The molecule has 0 atom stereocenters. The molecule has 0 heterocycles. The number of halogens is 1. The molecule has 80 valence electrons. The molecule has 3 nitrogen and oxygen atoms in total. The van der Waals surface area contributed by atoms with Gasteiger partial charge >= 0.3 is 5.97 Å². The molecular formula is C11H11BrO3. The van der Waals surface area contributed by atoms with Crippen molar-refractivity contribution in [2.45, 2.75) is 6.92 Å². The number of ether oxygens (including phenoxy) is 1. The van der Waals surface area contributed by atoms with Crippen molar-refractivity contribution < 1.29 is 14.6 Å². The Bertz CT molecular complexity index is 385. The van der Waals surface area contributed by atoms with Gasteiger partial charge in [-0.05, 0) is 41.1 Å². The highest BCUT2D eigenvalue weighted by Crippen LogP contribution is 2.23. The van der Waals surface area contributed by atoms with E-state index in [4.69, 9.17) is 9.84 Å². The topological polar surface area (TPSA) is 46.5 Å². The predicted molar refractivity (Wildman–Crippen MR) is 61.0 cm³/mol. The third-order valence-corrected chi connectivity index (χ3v) is 2.46. The monoisotopic (exact) mass is 270 g/mol. The first-order chi connectivity index (χ1) is 7.11. The van der Waals surface area contributed by atoms with Crippen LogP contribution in [0.5, 0.6) is 5.75 Å². The van der Waals surface area contributed by atoms with Crippen molar-refractivity contribution in [3.63, 3.8) is 0 Å². The van der Waals surface area contributed by atoms with Crippen LogP contribution in [0.25, 0.3) is 0 Å². The Balaban J connectivity index is 2.55. The van der Waals surface area contributed by atoms with E-state index in [0.29, 0.717) is 5.75 Å². The number of carbonyl (C=O) groups is 1. The van der Waals surface area contributed by atoms with E-state index in [-0.39, 0.29) is 12.2 Å². The smallest absolute Gasteiger partial charge is 0.331 e. The van der Waals surface area contributed by atoms with Crippen LogP contribution >= 0.6 is 15.9 Å². The second-order valence-electron chi connectivity index (χ2n) is 2.93. The molecule has 0 amide bonds. The molecule has 0 bridgehead atoms. The van der Waals surface area contributed by atoms with Gasteiger partial charge in [0.05, 0.1) is 4.47 Å². The van der Waals surface area contributed by atoms with Gasteiger partial charge in [-0.1, -0.05) is 12.1 Å². The number of aliphatic carboxylic acids is 1. The van der Waals surface area contributed by atoms with Crippen molar-refractivity contribution in [3.8, 4) is 5.75 Å². The van der Waals surface area contributed by atoms with Crippen molar-refractivity contribution in [1.82, 2.24) is 0 Å². The van der Waals surface area contributed by atoms with Crippen LogP contribution in [0.4, 0.5) is 0 Å². The second-order valence-corrected chi connectivity index (χ2v) is 3.79. The molecule has 0 saturated carbocycles. The number of carboxylic acid groups (broad SMARTS) is 1. The highest BCUT2D eigenvalue weighted by Gasteiger charge is 2.00. The van der Waals surface area contributed by atoms with E-state index in [1.165, 1.54) is 13.0 Å². The first-order valence-corrected chi connectivity index (χ1v) is 5.18. The van der Waals surface area contributed by atoms with Gasteiger partial charge in [0.15, 0.2) is 0 Å². The lowest BCUT2D eigenvalue weighted by Crippen LogP contribution is -2.00. The Morgan fingerprint density at radius 2 is 2.20 bits per heavy atom. The van der Waals surface area contributed by atoms with Crippen LogP contribution in [-0.2, 0) is 4.79 Å². The normalized spacial score (nSPS) is 11.2. The molecule has 0 fully saturated rings. The highest BCUT2D eigenvalue weighted by molar-refractivity contribution is 9.10. The molecule has 0 spiro atoms. The molecule has 1 aromatic carbocycles. The minimum absolute atomic E-state index is 0.251. The molecule has 1 N–H and O–H groups in total. The van der Waals surface area contributed by atoms with Gasteiger partial charge in [0.25, 0.3) is 0 Å². The van der Waals surface area contributed by atoms with Gasteiger partial charge in [-0.15, -0.1) is 0 Å². The molecule has 0 aliphatic carbocycles. The fourth-order valence-electron chi connectivity index (χ4n) is 0.906. The van der Waals surface area contributed by atoms with Crippen LogP contribution in [-0.4, -0.2) is 17.7 Å². The molecule has 0 saturated heterocycles. The SMILES string of the molecule is CC(=CCOc1ccccc1Br)C(=O)O. The average molecular weight is 271 g/mol. The van der Waals surface area contributed by atoms with Crippen molar-refractivity contribution in [1.29, 1.82) is 0 Å². The van der Waals surface area contributed by atoms with Gasteiger partial charge in [-0.3, -0.25) is 0 Å². The van der Waals surface area contributed by atoms with Crippen LogP contribution in [0.15, 0.2) is 40.4 Å². The van der Waals surface area contributed by atoms with E-state index in [9.17, 15) is 4.79 Å². The first-order valence-electron chi connectivity index (χ1n) is 4.38. The summed E-state index contributed by atoms with van der Waals surface area (Å²) < 4.78 is 6.22. The van der Waals surface area contributed by atoms with Crippen molar-refractivity contribution in [2.75, 3.05) is 6.61 Å². The van der Waals surface area contributed by atoms with Crippen LogP contribution in [0.2, 0.25) is 0 Å². The summed E-state index contributed by atoms with van der Waals surface area (Å²) >= 11 is 3.33. The molecule has 0 aliphatic rings. The van der Waals surface area contributed by atoms with Gasteiger partial charge in [0.1, 0.15) is 12.4 Å². The zero-order valence-corrected chi connectivity index (χ0v) is 9.82. The van der Waals surface area contributed by atoms with Gasteiger partial charge in [0.2, 0.25) is 0 Å². The molecule has 4 heteroatoms. The van der Waals surface area contributed by atoms with E-state index in [0.717, 1.165) is 4.47 Å². The van der Waals surface area contributed by atoms with Crippen molar-refractivity contribution >= 4 is 21.9 Å². The summed E-state index contributed by atoms with van der Waals surface area (Å²) in [6.07, 6.45) is 1.53. The fraction of sp³-hybridized carbons (Fsp3) is 0.182. The lowest BCUT2D eigenvalue weighted by molar-refractivity contribution is -0.132. The summed E-state index contributed by atoms with van der Waals surface area (Å²) in [4.78, 5) is 10.5. The average Bonchev–Trinajstić information content (AvgIpc) is 2.20. The number of para-hydroxylation sites is 1. The zero-order chi connectivity index (χ0) is 11.3. The van der Waals surface area contributed by atoms with Crippen LogP contribution < -0.4 is 4.74 Å². The maximum atomic E-state index is 10.5. The van der Waals surface area contributed by atoms with Gasteiger partial charge in [0, 0.05) is 5.57 Å². The molecule has 0 aromatic heterocycles. The number of hydrogen-bond acceptors (Lipinski definition) is 2. The molecule has 1 rings (SSSR count). The van der Waals surface area contributed by atoms with Crippen LogP contribution in [0.1, 0.15) is 6.92 Å². The molecule has 0 unspecified atom stereocenters. The number of benzene rings is 1. The lowest BCUT2D eigenvalue weighted by Gasteiger charge is -2.05. The molecule has 1 aromatic rings. The predicted octanol–water partition coefficient (Wildman–Crippen LogP) is 2.86. The molecule has 0 aliphatic heterocycles. The van der Waals surface area contributed by atoms with Gasteiger partial charge in [-0.25, -0.2) is 4.79 Å². The summed E-state index contributed by atoms with van der Waals surface area (Å²) in [6.45, 7) is 1.78. The maximum Gasteiger partial charge on any atom is 0.331 e. The summed E-state index contributed by atoms with van der Waals surface area (Å²) in [5, 5.41) is 8.60. The van der Waals surface area contributed by atoms with Crippen LogP contribution in [0.3, 0.4) is 0 Å². The van der Waals surface area contributed by atoms with E-state index in [1.54, 1.807) is 0 Å². The van der Waals surface area contributed by atoms with E-state index in [1.807, 2.05) is 24.3 Å². The molecule has 0 radical (unpaired) electrons. The van der Waals surface area contributed by atoms with Crippen LogP contribution in [0, 0.1) is 0 Å². The summed E-state index contributed by atoms with van der Waals surface area (Å²) in [7, 11) is 0. The Morgan fingerprint density at radius 3 is 2.80 bits per heavy atom. The number of rotatable bonds is 4. The third kappa shape index (κ3) is 3.75. The van der Waals surface area contributed by atoms with Gasteiger partial charge in [-0.2, -0.15) is 0 Å². The maximum absolute atomic E-state index is 10.5. The molecular weight excluding hydrogens is 260 g/mol. The second kappa shape index (κ2) is 5.56. The highest BCUT2D eigenvalue weighted by atomic mass is 79.9. The summed E-state index contributed by atoms with van der Waals surface area (Å²) in [5.41, 5.74) is 0.280. The Morgan fingerprint density at radius 1 is 1.53 bits per heavy atom. The van der Waals surface area contributed by atoms with Crippen molar-refractivity contribution in [3.05, 3.63) is 40.4 Å². The Labute approximate surface area is 96.5 Å². The minimum Gasteiger partial charge on any atom is -0.488 e. The number of hydrogen-bond donors (Lipinski definition) is 1. The largest absolute Gasteiger partial charge is 0.488 e. The van der Waals surface area contributed by atoms with E-state index in [2.05, 4.69) is 15.9 Å². The molecule has 15 heavy (non-hydrogen) atoms. The number of carboxylic acids is 1. The van der Waals surface area contributed by atoms with E-state index < -0.39 is 5.97 Å². The van der Waals surface area contributed by atoms with E-state index >= 15 is 0 Å². The van der Waals surface area contributed by atoms with Gasteiger partial charge < -0.3 is 9.84 Å². The summed E-state index contributed by atoms with van der Waals surface area (Å²) in [5.74, 6) is -0.224. The lowest BCUT2D eigenvalue weighted by atomic mass is 10.3. The quantitative estimate of drug-likeness (QED) is 0.856. The first kappa shape index (κ1) is 11.8. The Hall–Kier alpha value is -1.29. The Kier molecular flexibility index (Phi) is 4.37. The summed E-state index contributed by atoms with van der Waals surface area (Å²) in [6, 6.07) is 7.42. The third-order valence-electron chi connectivity index (χ3n) is 1.80. The fourth-order valence-corrected chi connectivity index (χ4v) is 1.30. The minimum atomic E-state index is -0.925. The van der Waals surface area contributed by atoms with Crippen molar-refractivity contribution in [2.24, 2.45) is 0 Å². The standard InChI is InChI=1S/C11H11BrO3/c1-8(11(13)14)6-7-15-10-5-3-2-4-9(10)12/h2-6H,7H2,1H3,(H,13,14).